The second-order valence-electron chi connectivity index (χ2n) is 7.81. The summed E-state index contributed by atoms with van der Waals surface area (Å²) in [6.07, 6.45) is -3.01. The molecule has 1 amide bonds. The monoisotopic (exact) mass is 456 g/mol. The zero-order valence-corrected chi connectivity index (χ0v) is 18.0. The maximum Gasteiger partial charge on any atom is 0.433 e. The highest BCUT2D eigenvalue weighted by Gasteiger charge is 2.37. The number of aryl methyl sites for hydroxylation is 1. The van der Waals surface area contributed by atoms with Crippen LogP contribution in [0.1, 0.15) is 46.2 Å². The lowest BCUT2D eigenvalue weighted by atomic mass is 9.99. The first-order chi connectivity index (χ1) is 15.3. The highest BCUT2D eigenvalue weighted by atomic mass is 32.1. The van der Waals surface area contributed by atoms with Crippen LogP contribution in [0.4, 0.5) is 13.2 Å². The Bertz CT molecular complexity index is 1300. The Morgan fingerprint density at radius 2 is 1.97 bits per heavy atom. The summed E-state index contributed by atoms with van der Waals surface area (Å²) in [6.45, 7) is 2.53. The Balaban J connectivity index is 1.57. The van der Waals surface area contributed by atoms with Crippen LogP contribution in [0.3, 0.4) is 0 Å². The van der Waals surface area contributed by atoms with Crippen LogP contribution in [-0.2, 0) is 6.18 Å². The lowest BCUT2D eigenvalue weighted by Gasteiger charge is -2.25. The Labute approximate surface area is 186 Å². The predicted molar refractivity (Wildman–Crippen MR) is 115 cm³/mol. The molecule has 0 bridgehead atoms. The largest absolute Gasteiger partial charge is 0.433 e. The minimum absolute atomic E-state index is 0.00165. The number of fused-ring (bicyclic) bond motifs is 1. The fourth-order valence-corrected chi connectivity index (χ4v) is 4.96. The van der Waals surface area contributed by atoms with Crippen molar-refractivity contribution in [3.05, 3.63) is 76.4 Å². The van der Waals surface area contributed by atoms with Gasteiger partial charge in [-0.1, -0.05) is 30.3 Å². The molecule has 5 nitrogen and oxygen atoms in total. The molecule has 0 saturated carbocycles. The van der Waals surface area contributed by atoms with Gasteiger partial charge in [0.1, 0.15) is 0 Å². The third-order valence-corrected chi connectivity index (χ3v) is 6.66. The number of amides is 1. The molecule has 4 aromatic rings. The Morgan fingerprint density at radius 1 is 1.16 bits per heavy atom. The van der Waals surface area contributed by atoms with Gasteiger partial charge in [-0.15, -0.1) is 11.3 Å². The average molecular weight is 456 g/mol. The number of aromatic nitrogens is 3. The minimum Gasteiger partial charge on any atom is -0.330 e. The molecule has 0 aliphatic carbocycles. The lowest BCUT2D eigenvalue weighted by Crippen LogP contribution is -2.31. The molecular formula is C23H19F3N4OS. The van der Waals surface area contributed by atoms with Gasteiger partial charge in [0.25, 0.3) is 5.91 Å². The van der Waals surface area contributed by atoms with Gasteiger partial charge >= 0.3 is 6.18 Å². The summed E-state index contributed by atoms with van der Waals surface area (Å²) in [5, 5.41) is 5.82. The number of carbonyl (C=O) groups is 1. The van der Waals surface area contributed by atoms with Crippen LogP contribution < -0.4 is 0 Å². The number of carbonyl (C=O) groups excluding carboxylic acids is 1. The molecular weight excluding hydrogens is 437 g/mol. The van der Waals surface area contributed by atoms with Gasteiger partial charge < -0.3 is 4.90 Å². The summed E-state index contributed by atoms with van der Waals surface area (Å²) in [4.78, 5) is 20.0. The van der Waals surface area contributed by atoms with Crippen LogP contribution in [0, 0.1) is 6.92 Å². The molecule has 0 N–H and O–H groups in total. The number of hydrogen-bond donors (Lipinski definition) is 0. The first-order valence-electron chi connectivity index (χ1n) is 10.2. The first kappa shape index (κ1) is 20.7. The number of rotatable bonds is 3. The summed E-state index contributed by atoms with van der Waals surface area (Å²) >= 11 is 1.30. The highest BCUT2D eigenvalue weighted by molar-refractivity contribution is 7.13. The summed E-state index contributed by atoms with van der Waals surface area (Å²) in [5.41, 5.74) is 1.34. The van der Waals surface area contributed by atoms with Crippen molar-refractivity contribution in [2.45, 2.75) is 32.0 Å². The van der Waals surface area contributed by atoms with Gasteiger partial charge in [-0.25, -0.2) is 9.50 Å². The van der Waals surface area contributed by atoms with Crippen molar-refractivity contribution in [2.75, 3.05) is 6.54 Å². The number of thiophene rings is 1. The normalized spacial score (nSPS) is 16.8. The van der Waals surface area contributed by atoms with E-state index in [-0.39, 0.29) is 29.0 Å². The molecule has 9 heteroatoms. The summed E-state index contributed by atoms with van der Waals surface area (Å²) in [5.74, 6) is -0.382. The fourth-order valence-electron chi connectivity index (χ4n) is 4.27. The molecule has 1 aliphatic rings. The van der Waals surface area contributed by atoms with E-state index in [1.165, 1.54) is 17.4 Å². The number of halogens is 3. The van der Waals surface area contributed by atoms with Gasteiger partial charge in [0, 0.05) is 12.6 Å². The molecule has 1 saturated heterocycles. The molecule has 4 heterocycles. The van der Waals surface area contributed by atoms with E-state index in [4.69, 9.17) is 0 Å². The summed E-state index contributed by atoms with van der Waals surface area (Å²) in [7, 11) is 0. The molecule has 1 fully saturated rings. The van der Waals surface area contributed by atoms with Crippen LogP contribution in [0.15, 0.2) is 53.9 Å². The van der Waals surface area contributed by atoms with E-state index in [2.05, 4.69) is 10.1 Å². The summed E-state index contributed by atoms with van der Waals surface area (Å²) in [6, 6.07) is 13.5. The Kier molecular flexibility index (Phi) is 5.00. The van der Waals surface area contributed by atoms with Gasteiger partial charge in [0.2, 0.25) is 0 Å². The molecule has 1 atom stereocenters. The number of benzene rings is 1. The topological polar surface area (TPSA) is 50.5 Å². The molecule has 0 unspecified atom stereocenters. The first-order valence-corrected chi connectivity index (χ1v) is 11.1. The zero-order chi connectivity index (χ0) is 22.5. The van der Waals surface area contributed by atoms with Gasteiger partial charge in [-0.2, -0.15) is 18.3 Å². The summed E-state index contributed by atoms with van der Waals surface area (Å²) < 4.78 is 42.1. The fraction of sp³-hybridized carbons (Fsp3) is 0.261. The van der Waals surface area contributed by atoms with Crippen LogP contribution in [0.5, 0.6) is 0 Å². The molecule has 5 rings (SSSR count). The van der Waals surface area contributed by atoms with Gasteiger partial charge in [-0.05, 0) is 48.4 Å². The second kappa shape index (κ2) is 7.74. The standard InChI is InChI=1S/C23H19F3N4OS/c1-14-6-2-3-7-15(14)18-8-4-10-29(18)22(31)17-13-21-27-16(19-9-5-11-32-19)12-20(23(24,25)26)30(21)28-17/h2-3,5-7,9,11-13,18H,4,8,10H2,1H3/t18-/m1/s1. The maximum atomic E-state index is 13.8. The van der Waals surface area contributed by atoms with Crippen LogP contribution in [0.25, 0.3) is 16.2 Å². The quantitative estimate of drug-likeness (QED) is 0.394. The number of alkyl halides is 3. The van der Waals surface area contributed by atoms with E-state index >= 15 is 0 Å². The van der Waals surface area contributed by atoms with Crippen molar-refractivity contribution in [2.24, 2.45) is 0 Å². The molecule has 32 heavy (non-hydrogen) atoms. The van der Waals surface area contributed by atoms with Gasteiger partial charge in [-0.3, -0.25) is 4.79 Å². The van der Waals surface area contributed by atoms with E-state index < -0.39 is 11.9 Å². The lowest BCUT2D eigenvalue weighted by molar-refractivity contribution is -0.142. The van der Waals surface area contributed by atoms with Crippen LogP contribution in [-0.4, -0.2) is 31.9 Å². The predicted octanol–water partition coefficient (Wildman–Crippen LogP) is 5.76. The molecule has 3 aromatic heterocycles. The Morgan fingerprint density at radius 3 is 2.69 bits per heavy atom. The molecule has 0 spiro atoms. The van der Waals surface area contributed by atoms with Crippen molar-refractivity contribution in [1.82, 2.24) is 19.5 Å². The van der Waals surface area contributed by atoms with Gasteiger partial charge in [0.15, 0.2) is 17.0 Å². The molecule has 1 aliphatic heterocycles. The van der Waals surface area contributed by atoms with E-state index in [0.717, 1.165) is 34.6 Å². The highest BCUT2D eigenvalue weighted by Crippen LogP contribution is 2.36. The van der Waals surface area contributed by atoms with E-state index in [0.29, 0.717) is 11.4 Å². The van der Waals surface area contributed by atoms with Crippen molar-refractivity contribution >= 4 is 22.9 Å². The number of nitrogens with zero attached hydrogens (tertiary/aromatic N) is 4. The number of hydrogen-bond acceptors (Lipinski definition) is 4. The SMILES string of the molecule is Cc1ccccc1[C@H]1CCCN1C(=O)c1cc2nc(-c3cccs3)cc(C(F)(F)F)n2n1. The van der Waals surface area contributed by atoms with Crippen molar-refractivity contribution in [3.8, 4) is 10.6 Å². The van der Waals surface area contributed by atoms with E-state index in [1.807, 2.05) is 31.2 Å². The number of likely N-dealkylation sites (tertiary alicyclic amines) is 1. The van der Waals surface area contributed by atoms with Crippen LogP contribution >= 0.6 is 11.3 Å². The average Bonchev–Trinajstić information content (AvgIpc) is 3.52. The third-order valence-electron chi connectivity index (χ3n) is 5.77. The van der Waals surface area contributed by atoms with E-state index in [1.54, 1.807) is 22.4 Å². The van der Waals surface area contributed by atoms with Crippen molar-refractivity contribution < 1.29 is 18.0 Å². The van der Waals surface area contributed by atoms with E-state index in [9.17, 15) is 18.0 Å². The second-order valence-corrected chi connectivity index (χ2v) is 8.76. The van der Waals surface area contributed by atoms with Crippen LogP contribution in [0.2, 0.25) is 0 Å². The zero-order valence-electron chi connectivity index (χ0n) is 17.1. The molecule has 164 valence electrons. The third kappa shape index (κ3) is 3.56. The van der Waals surface area contributed by atoms with Gasteiger partial charge in [0.05, 0.1) is 16.6 Å². The smallest absolute Gasteiger partial charge is 0.330 e. The minimum atomic E-state index is -4.64. The van der Waals surface area contributed by atoms with Crippen molar-refractivity contribution in [3.63, 3.8) is 0 Å². The molecule has 0 radical (unpaired) electrons. The van der Waals surface area contributed by atoms with Crippen molar-refractivity contribution in [1.29, 1.82) is 0 Å². The molecule has 1 aromatic carbocycles. The Hall–Kier alpha value is -3.20. The maximum absolute atomic E-state index is 13.8.